The average molecular weight is 500 g/mol. The van der Waals surface area contributed by atoms with Crippen LogP contribution >= 0.6 is 34.7 Å². The van der Waals surface area contributed by atoms with E-state index >= 15 is 0 Å². The number of hydrogen-bond acceptors (Lipinski definition) is 7. The topological polar surface area (TPSA) is 81.9 Å². The van der Waals surface area contributed by atoms with Crippen LogP contribution in [0.1, 0.15) is 21.1 Å². The summed E-state index contributed by atoms with van der Waals surface area (Å²) in [5.41, 5.74) is 3.33. The first-order valence-corrected chi connectivity index (χ1v) is 12.4. The van der Waals surface area contributed by atoms with Crippen molar-refractivity contribution in [3.05, 3.63) is 75.2 Å². The lowest BCUT2D eigenvalue weighted by Crippen LogP contribution is -2.27. The van der Waals surface area contributed by atoms with E-state index in [1.165, 1.54) is 28.7 Å². The van der Waals surface area contributed by atoms with Crippen LogP contribution in [0, 0.1) is 6.92 Å². The first kappa shape index (κ1) is 23.4. The third kappa shape index (κ3) is 5.62. The number of carbonyl (C=O) groups is 1. The van der Waals surface area contributed by atoms with E-state index in [4.69, 9.17) is 16.3 Å². The Labute approximate surface area is 205 Å². The SMILES string of the molecule is COCCNC(=O)c1csc(CSc2nnc(-c3ccccc3Cl)n2-c2ccc(C)cc2)n1. The molecule has 0 radical (unpaired) electrons. The highest BCUT2D eigenvalue weighted by molar-refractivity contribution is 7.98. The number of halogens is 1. The molecule has 0 saturated heterocycles. The van der Waals surface area contributed by atoms with Gasteiger partial charge in [0.25, 0.3) is 5.91 Å². The van der Waals surface area contributed by atoms with E-state index in [2.05, 4.69) is 32.6 Å². The monoisotopic (exact) mass is 499 g/mol. The molecular formula is C23H22ClN5O2S2. The molecule has 2 aromatic heterocycles. The van der Waals surface area contributed by atoms with Crippen LogP contribution in [-0.2, 0) is 10.5 Å². The number of aryl methyl sites for hydroxylation is 1. The molecule has 2 heterocycles. The fourth-order valence-electron chi connectivity index (χ4n) is 3.07. The summed E-state index contributed by atoms with van der Waals surface area (Å²) in [6.45, 7) is 2.95. The highest BCUT2D eigenvalue weighted by atomic mass is 35.5. The van der Waals surface area contributed by atoms with E-state index in [1.807, 2.05) is 47.9 Å². The molecule has 4 aromatic rings. The van der Waals surface area contributed by atoms with Crippen LogP contribution in [0.2, 0.25) is 5.02 Å². The number of hydrogen-bond donors (Lipinski definition) is 1. The molecule has 1 amide bonds. The molecule has 33 heavy (non-hydrogen) atoms. The fraction of sp³-hybridized carbons (Fsp3) is 0.217. The minimum absolute atomic E-state index is 0.205. The van der Waals surface area contributed by atoms with Crippen molar-refractivity contribution in [1.82, 2.24) is 25.1 Å². The Morgan fingerprint density at radius 3 is 2.73 bits per heavy atom. The highest BCUT2D eigenvalue weighted by Crippen LogP contribution is 2.33. The maximum Gasteiger partial charge on any atom is 0.270 e. The molecule has 0 unspecified atom stereocenters. The Morgan fingerprint density at radius 1 is 1.18 bits per heavy atom. The maximum absolute atomic E-state index is 12.2. The molecule has 170 valence electrons. The summed E-state index contributed by atoms with van der Waals surface area (Å²) in [4.78, 5) is 16.7. The van der Waals surface area contributed by atoms with Gasteiger partial charge in [-0.1, -0.05) is 53.2 Å². The van der Waals surface area contributed by atoms with Crippen molar-refractivity contribution >= 4 is 40.6 Å². The van der Waals surface area contributed by atoms with Gasteiger partial charge in [-0.3, -0.25) is 9.36 Å². The lowest BCUT2D eigenvalue weighted by atomic mass is 10.2. The van der Waals surface area contributed by atoms with Crippen molar-refractivity contribution in [2.45, 2.75) is 17.8 Å². The summed E-state index contributed by atoms with van der Waals surface area (Å²) in [7, 11) is 1.59. The second-order valence-electron chi connectivity index (χ2n) is 7.12. The van der Waals surface area contributed by atoms with Gasteiger partial charge in [-0.25, -0.2) is 4.98 Å². The van der Waals surface area contributed by atoms with Gasteiger partial charge in [-0.05, 0) is 31.2 Å². The Morgan fingerprint density at radius 2 is 1.97 bits per heavy atom. The third-order valence-corrected chi connectivity index (χ3v) is 7.04. The minimum atomic E-state index is -0.205. The molecule has 0 spiro atoms. The minimum Gasteiger partial charge on any atom is -0.383 e. The maximum atomic E-state index is 12.2. The van der Waals surface area contributed by atoms with Crippen LogP contribution in [0.5, 0.6) is 0 Å². The van der Waals surface area contributed by atoms with Crippen LogP contribution in [0.4, 0.5) is 0 Å². The number of nitrogens with zero attached hydrogens (tertiary/aromatic N) is 4. The van der Waals surface area contributed by atoms with E-state index in [1.54, 1.807) is 12.5 Å². The van der Waals surface area contributed by atoms with Gasteiger partial charge >= 0.3 is 0 Å². The van der Waals surface area contributed by atoms with E-state index in [0.29, 0.717) is 35.4 Å². The van der Waals surface area contributed by atoms with Gasteiger partial charge in [0, 0.05) is 30.3 Å². The Bertz CT molecular complexity index is 1240. The van der Waals surface area contributed by atoms with Crippen molar-refractivity contribution in [3.8, 4) is 17.1 Å². The van der Waals surface area contributed by atoms with Crippen LogP contribution in [-0.4, -0.2) is 45.9 Å². The number of thiazole rings is 1. The number of methoxy groups -OCH3 is 1. The number of rotatable bonds is 9. The van der Waals surface area contributed by atoms with Gasteiger partial charge in [0.1, 0.15) is 10.7 Å². The standard InChI is InChI=1S/C23H22ClN5O2S2/c1-15-7-9-16(10-8-15)29-21(17-5-3-4-6-18(17)24)27-28-23(29)33-14-20-26-19(13-32-20)22(30)25-11-12-31-2/h3-10,13H,11-12,14H2,1-2H3,(H,25,30). The summed E-state index contributed by atoms with van der Waals surface area (Å²) >= 11 is 9.41. The van der Waals surface area contributed by atoms with E-state index in [0.717, 1.165) is 21.4 Å². The first-order chi connectivity index (χ1) is 16.1. The highest BCUT2D eigenvalue weighted by Gasteiger charge is 2.19. The Hall–Kier alpha value is -2.72. The number of benzene rings is 2. The average Bonchev–Trinajstić information content (AvgIpc) is 3.46. The van der Waals surface area contributed by atoms with Gasteiger partial charge in [0.2, 0.25) is 0 Å². The van der Waals surface area contributed by atoms with E-state index < -0.39 is 0 Å². The second-order valence-corrected chi connectivity index (χ2v) is 9.41. The lowest BCUT2D eigenvalue weighted by molar-refractivity contribution is 0.0932. The van der Waals surface area contributed by atoms with Crippen LogP contribution in [0.25, 0.3) is 17.1 Å². The van der Waals surface area contributed by atoms with Gasteiger partial charge < -0.3 is 10.1 Å². The number of nitrogens with one attached hydrogen (secondary N) is 1. The van der Waals surface area contributed by atoms with E-state index in [-0.39, 0.29) is 5.91 Å². The van der Waals surface area contributed by atoms with Crippen molar-refractivity contribution in [3.63, 3.8) is 0 Å². The van der Waals surface area contributed by atoms with Crippen LogP contribution in [0.15, 0.2) is 59.1 Å². The molecular weight excluding hydrogens is 478 g/mol. The molecule has 0 aliphatic heterocycles. The molecule has 0 atom stereocenters. The first-order valence-electron chi connectivity index (χ1n) is 10.2. The molecule has 10 heteroatoms. The molecule has 1 N–H and O–H groups in total. The van der Waals surface area contributed by atoms with Crippen molar-refractivity contribution in [2.75, 3.05) is 20.3 Å². The zero-order valence-corrected chi connectivity index (χ0v) is 20.5. The summed E-state index contributed by atoms with van der Waals surface area (Å²) in [6.07, 6.45) is 0. The predicted molar refractivity (Wildman–Crippen MR) is 132 cm³/mol. The second kappa shape index (κ2) is 10.9. The van der Waals surface area contributed by atoms with E-state index in [9.17, 15) is 4.79 Å². The van der Waals surface area contributed by atoms with Gasteiger partial charge in [-0.2, -0.15) is 0 Å². The Kier molecular flexibility index (Phi) is 7.77. The Balaban J connectivity index is 1.58. The predicted octanol–water partition coefficient (Wildman–Crippen LogP) is 5.02. The largest absolute Gasteiger partial charge is 0.383 e. The summed E-state index contributed by atoms with van der Waals surface area (Å²) in [6, 6.07) is 15.8. The number of amides is 1. The molecule has 0 aliphatic carbocycles. The number of aromatic nitrogens is 4. The molecule has 0 fully saturated rings. The fourth-order valence-corrected chi connectivity index (χ4v) is 5.04. The molecule has 2 aromatic carbocycles. The summed E-state index contributed by atoms with van der Waals surface area (Å²) < 4.78 is 6.95. The zero-order valence-electron chi connectivity index (χ0n) is 18.1. The summed E-state index contributed by atoms with van der Waals surface area (Å²) in [5.74, 6) is 1.02. The molecule has 0 aliphatic rings. The van der Waals surface area contributed by atoms with Crippen LogP contribution < -0.4 is 5.32 Å². The van der Waals surface area contributed by atoms with Crippen molar-refractivity contribution < 1.29 is 9.53 Å². The molecule has 0 bridgehead atoms. The quantitative estimate of drug-likeness (QED) is 0.257. The third-order valence-electron chi connectivity index (χ3n) is 4.74. The number of carbonyl (C=O) groups excluding carboxylic acids is 1. The smallest absolute Gasteiger partial charge is 0.270 e. The molecule has 4 rings (SSSR count). The zero-order chi connectivity index (χ0) is 23.2. The summed E-state index contributed by atoms with van der Waals surface area (Å²) in [5, 5.41) is 15.6. The van der Waals surface area contributed by atoms with Gasteiger partial charge in [0.15, 0.2) is 11.0 Å². The van der Waals surface area contributed by atoms with Gasteiger partial charge in [-0.15, -0.1) is 21.5 Å². The molecule has 7 nitrogen and oxygen atoms in total. The van der Waals surface area contributed by atoms with Crippen molar-refractivity contribution in [1.29, 1.82) is 0 Å². The number of ether oxygens (including phenoxy) is 1. The van der Waals surface area contributed by atoms with Gasteiger partial charge in [0.05, 0.1) is 17.4 Å². The normalized spacial score (nSPS) is 11.0. The molecule has 0 saturated carbocycles. The number of thioether (sulfide) groups is 1. The lowest BCUT2D eigenvalue weighted by Gasteiger charge is -2.11. The van der Waals surface area contributed by atoms with Crippen LogP contribution in [0.3, 0.4) is 0 Å². The van der Waals surface area contributed by atoms with Crippen molar-refractivity contribution in [2.24, 2.45) is 0 Å².